The van der Waals surface area contributed by atoms with E-state index in [2.05, 4.69) is 43.8 Å². The van der Waals surface area contributed by atoms with E-state index in [9.17, 15) is 14.4 Å². The molecule has 0 fully saturated rings. The van der Waals surface area contributed by atoms with Crippen LogP contribution >= 0.6 is 22.6 Å². The average molecular weight is 628 g/mol. The summed E-state index contributed by atoms with van der Waals surface area (Å²) >= 11 is 2.06. The quantitative estimate of drug-likeness (QED) is 0.146. The maximum atomic E-state index is 12.5. The number of ether oxygens (including phenoxy) is 2. The van der Waals surface area contributed by atoms with Crippen LogP contribution in [0.3, 0.4) is 0 Å². The number of nitrogens with one attached hydrogen (secondary N) is 3. The summed E-state index contributed by atoms with van der Waals surface area (Å²) in [5.74, 6) is -1.24. The molecule has 10 heteroatoms. The van der Waals surface area contributed by atoms with Crippen LogP contribution in [0, 0.1) is 31.3 Å². The van der Waals surface area contributed by atoms with Crippen LogP contribution in [-0.2, 0) is 14.4 Å². The van der Waals surface area contributed by atoms with Gasteiger partial charge >= 0.3 is 11.8 Å². The van der Waals surface area contributed by atoms with E-state index in [1.165, 1.54) is 13.3 Å². The number of hydrogen-bond acceptors (Lipinski definition) is 6. The molecule has 0 heterocycles. The maximum absolute atomic E-state index is 12.5. The largest absolute Gasteiger partial charge is 0.493 e. The van der Waals surface area contributed by atoms with Crippen molar-refractivity contribution >= 4 is 57.9 Å². The molecule has 9 nitrogen and oxygen atoms in total. The van der Waals surface area contributed by atoms with Crippen LogP contribution in [0.4, 0.5) is 11.4 Å². The first-order valence-corrected chi connectivity index (χ1v) is 12.8. The van der Waals surface area contributed by atoms with Crippen LogP contribution in [0.5, 0.6) is 11.5 Å². The normalized spacial score (nSPS) is 10.7. The van der Waals surface area contributed by atoms with Crippen molar-refractivity contribution in [1.29, 1.82) is 0 Å². The van der Waals surface area contributed by atoms with Crippen LogP contribution in [0.2, 0.25) is 0 Å². The lowest BCUT2D eigenvalue weighted by atomic mass is 10.1. The van der Waals surface area contributed by atoms with Crippen molar-refractivity contribution in [2.45, 2.75) is 27.7 Å². The first kappa shape index (κ1) is 28.6. The summed E-state index contributed by atoms with van der Waals surface area (Å²) in [4.78, 5) is 37.0. The maximum Gasteiger partial charge on any atom is 0.329 e. The Kier molecular flexibility index (Phi) is 9.83. The number of para-hydroxylation sites is 2. The van der Waals surface area contributed by atoms with Crippen molar-refractivity contribution in [1.82, 2.24) is 5.43 Å². The summed E-state index contributed by atoms with van der Waals surface area (Å²) in [6.45, 7) is 7.34. The van der Waals surface area contributed by atoms with E-state index in [1.54, 1.807) is 12.1 Å². The summed E-state index contributed by atoms with van der Waals surface area (Å²) in [6, 6.07) is 14.7. The van der Waals surface area contributed by atoms with Crippen LogP contribution in [0.15, 0.2) is 53.6 Å². The second-order valence-corrected chi connectivity index (χ2v) is 9.72. The molecular weight excluding hydrogens is 599 g/mol. The minimum Gasteiger partial charge on any atom is -0.493 e. The zero-order chi connectivity index (χ0) is 27.8. The van der Waals surface area contributed by atoms with E-state index in [0.717, 1.165) is 27.9 Å². The first-order chi connectivity index (χ1) is 18.1. The molecule has 3 N–H and O–H groups in total. The molecule has 0 unspecified atom stereocenters. The Morgan fingerprint density at radius 1 is 0.868 bits per heavy atom. The Balaban J connectivity index is 1.62. The molecule has 0 bridgehead atoms. The molecular formula is C28H29IN4O5. The lowest BCUT2D eigenvalue weighted by Gasteiger charge is -2.15. The highest BCUT2D eigenvalue weighted by Gasteiger charge is 2.16. The molecule has 0 aromatic heterocycles. The number of nitrogens with zero attached hydrogens (tertiary/aromatic N) is 1. The van der Waals surface area contributed by atoms with E-state index in [-0.39, 0.29) is 12.5 Å². The molecule has 0 saturated carbocycles. The predicted molar refractivity (Wildman–Crippen MR) is 156 cm³/mol. The Hall–Kier alpha value is -3.93. The van der Waals surface area contributed by atoms with E-state index in [4.69, 9.17) is 9.47 Å². The third-order valence-corrected chi connectivity index (χ3v) is 6.45. The van der Waals surface area contributed by atoms with Gasteiger partial charge in [-0.15, -0.1) is 0 Å². The highest BCUT2D eigenvalue weighted by molar-refractivity contribution is 14.1. The van der Waals surface area contributed by atoms with Gasteiger partial charge in [0.1, 0.15) is 0 Å². The molecule has 198 valence electrons. The number of rotatable bonds is 8. The van der Waals surface area contributed by atoms with Gasteiger partial charge in [0.2, 0.25) is 0 Å². The number of amides is 3. The molecule has 0 aliphatic carbocycles. The van der Waals surface area contributed by atoms with Gasteiger partial charge in [0.15, 0.2) is 18.1 Å². The summed E-state index contributed by atoms with van der Waals surface area (Å²) in [6.07, 6.45) is 1.38. The zero-order valence-electron chi connectivity index (χ0n) is 21.8. The molecule has 0 atom stereocenters. The SMILES string of the molecule is COc1cc(/C=N\NC(=O)C(=O)Nc2c(C)cccc2C)cc(I)c1OCC(=O)Nc1c(C)cccc1C. The molecule has 0 radical (unpaired) electrons. The molecule has 0 saturated heterocycles. The monoisotopic (exact) mass is 628 g/mol. The van der Waals surface area contributed by atoms with Gasteiger partial charge in [-0.05, 0) is 90.2 Å². The highest BCUT2D eigenvalue weighted by Crippen LogP contribution is 2.33. The van der Waals surface area contributed by atoms with Gasteiger partial charge in [-0.25, -0.2) is 5.43 Å². The van der Waals surface area contributed by atoms with E-state index in [0.29, 0.717) is 26.3 Å². The standard InChI is InChI=1S/C28H29IN4O5/c1-16-8-6-9-17(2)24(16)31-23(34)15-38-26-21(29)12-20(13-22(26)37-5)14-30-33-28(36)27(35)32-25-18(3)10-7-11-19(25)4/h6-14H,15H2,1-5H3,(H,31,34)(H,32,35)(H,33,36)/b30-14-. The highest BCUT2D eigenvalue weighted by atomic mass is 127. The van der Waals surface area contributed by atoms with Crippen molar-refractivity contribution in [3.63, 3.8) is 0 Å². The number of halogens is 1. The van der Waals surface area contributed by atoms with E-state index in [1.807, 2.05) is 64.1 Å². The van der Waals surface area contributed by atoms with Crippen molar-refractivity contribution in [2.24, 2.45) is 5.10 Å². The van der Waals surface area contributed by atoms with Gasteiger partial charge in [0.05, 0.1) is 16.9 Å². The minimum atomic E-state index is -0.902. The van der Waals surface area contributed by atoms with Gasteiger partial charge in [0, 0.05) is 11.4 Å². The summed E-state index contributed by atoms with van der Waals surface area (Å²) in [5, 5.41) is 9.38. The molecule has 3 amide bonds. The molecule has 38 heavy (non-hydrogen) atoms. The van der Waals surface area contributed by atoms with Crippen LogP contribution in [0.1, 0.15) is 27.8 Å². The van der Waals surface area contributed by atoms with Gasteiger partial charge in [0.25, 0.3) is 5.91 Å². The number of anilines is 2. The number of aryl methyl sites for hydroxylation is 4. The van der Waals surface area contributed by atoms with Crippen molar-refractivity contribution < 1.29 is 23.9 Å². The zero-order valence-corrected chi connectivity index (χ0v) is 23.9. The average Bonchev–Trinajstić information content (AvgIpc) is 2.87. The number of carbonyl (C=O) groups is 3. The molecule has 0 spiro atoms. The molecule has 3 aromatic rings. The van der Waals surface area contributed by atoms with Gasteiger partial charge in [-0.2, -0.15) is 5.10 Å². The summed E-state index contributed by atoms with van der Waals surface area (Å²) in [5.41, 5.74) is 7.79. The Bertz CT molecular complexity index is 1360. The molecule has 3 rings (SSSR count). The topological polar surface area (TPSA) is 118 Å². The van der Waals surface area contributed by atoms with Crippen LogP contribution < -0.4 is 25.5 Å². The van der Waals surface area contributed by atoms with Crippen molar-refractivity contribution in [3.05, 3.63) is 79.9 Å². The smallest absolute Gasteiger partial charge is 0.329 e. The fraction of sp³-hybridized carbons (Fsp3) is 0.214. The summed E-state index contributed by atoms with van der Waals surface area (Å²) < 4.78 is 11.9. The molecule has 0 aliphatic rings. The van der Waals surface area contributed by atoms with Gasteiger partial charge in [-0.1, -0.05) is 36.4 Å². The lowest BCUT2D eigenvalue weighted by molar-refractivity contribution is -0.136. The fourth-order valence-electron chi connectivity index (χ4n) is 3.68. The van der Waals surface area contributed by atoms with E-state index >= 15 is 0 Å². The molecule has 3 aromatic carbocycles. The second-order valence-electron chi connectivity index (χ2n) is 8.56. The Morgan fingerprint density at radius 3 is 1.97 bits per heavy atom. The summed E-state index contributed by atoms with van der Waals surface area (Å²) in [7, 11) is 1.48. The van der Waals surface area contributed by atoms with E-state index < -0.39 is 11.8 Å². The number of benzene rings is 3. The van der Waals surface area contributed by atoms with Crippen LogP contribution in [0.25, 0.3) is 0 Å². The third kappa shape index (κ3) is 7.31. The lowest BCUT2D eigenvalue weighted by Crippen LogP contribution is -2.32. The predicted octanol–water partition coefficient (Wildman–Crippen LogP) is 4.64. The van der Waals surface area contributed by atoms with Crippen molar-refractivity contribution in [2.75, 3.05) is 24.4 Å². The fourth-order valence-corrected chi connectivity index (χ4v) is 4.46. The Labute approximate surface area is 235 Å². The Morgan fingerprint density at radius 2 is 1.42 bits per heavy atom. The minimum absolute atomic E-state index is 0.209. The number of hydrazone groups is 1. The van der Waals surface area contributed by atoms with Gasteiger partial charge < -0.3 is 20.1 Å². The number of hydrogen-bond donors (Lipinski definition) is 3. The van der Waals surface area contributed by atoms with Crippen molar-refractivity contribution in [3.8, 4) is 11.5 Å². The number of carbonyl (C=O) groups excluding carboxylic acids is 3. The second kappa shape index (κ2) is 13.0. The third-order valence-electron chi connectivity index (χ3n) is 5.65. The van der Waals surface area contributed by atoms with Gasteiger partial charge in [-0.3, -0.25) is 14.4 Å². The molecule has 0 aliphatic heterocycles. The van der Waals surface area contributed by atoms with Crippen LogP contribution in [-0.4, -0.2) is 37.7 Å². The first-order valence-electron chi connectivity index (χ1n) is 11.7. The number of methoxy groups -OCH3 is 1.